The van der Waals surface area contributed by atoms with E-state index in [4.69, 9.17) is 29.5 Å². The summed E-state index contributed by atoms with van der Waals surface area (Å²) in [6, 6.07) is 4.20. The van der Waals surface area contributed by atoms with Crippen molar-refractivity contribution >= 4 is 11.2 Å². The molecule has 3 aromatic rings. The molecular weight excluding hydrogens is 416 g/mol. The highest BCUT2D eigenvalue weighted by Crippen LogP contribution is 2.33. The normalized spacial score (nSPS) is 15.6. The van der Waals surface area contributed by atoms with Gasteiger partial charge in [-0.05, 0) is 57.3 Å². The van der Waals surface area contributed by atoms with Gasteiger partial charge in [-0.15, -0.1) is 0 Å². The van der Waals surface area contributed by atoms with Gasteiger partial charge in [0.05, 0.1) is 42.4 Å². The molecule has 178 valence electrons. The molecule has 8 heteroatoms. The molecule has 1 atom stereocenters. The second-order valence-electron chi connectivity index (χ2n) is 9.14. The van der Waals surface area contributed by atoms with Crippen molar-refractivity contribution in [1.82, 2.24) is 29.6 Å². The number of pyridine rings is 1. The van der Waals surface area contributed by atoms with Gasteiger partial charge in [-0.2, -0.15) is 5.10 Å². The Hall–Kier alpha value is -2.58. The zero-order valence-electron chi connectivity index (χ0n) is 20.8. The van der Waals surface area contributed by atoms with E-state index in [0.29, 0.717) is 18.4 Å². The average molecular weight is 453 g/mol. The summed E-state index contributed by atoms with van der Waals surface area (Å²) in [6.07, 6.45) is 3.26. The van der Waals surface area contributed by atoms with Crippen molar-refractivity contribution < 1.29 is 9.47 Å². The number of aromatic nitrogens is 5. The molecule has 0 amide bonds. The van der Waals surface area contributed by atoms with Crippen molar-refractivity contribution in [2.75, 3.05) is 40.5 Å². The van der Waals surface area contributed by atoms with Crippen LogP contribution in [-0.2, 0) is 11.2 Å². The minimum Gasteiger partial charge on any atom is -0.480 e. The van der Waals surface area contributed by atoms with E-state index in [-0.39, 0.29) is 6.04 Å². The van der Waals surface area contributed by atoms with E-state index >= 15 is 0 Å². The lowest BCUT2D eigenvalue weighted by Crippen LogP contribution is -2.31. The number of nitrogens with zero attached hydrogens (tertiary/aromatic N) is 6. The standard InChI is InChI=1S/C25H36N6O2/c1-7-20-23(19-10-11-21(16(2)3)27-25(19)33-6)28-22-17(4)29-31(24(22)26-20)18(15-32-5)14-30-12-8-9-13-30/h10-11,16,18H,7-9,12-15H2,1-6H3. The highest BCUT2D eigenvalue weighted by molar-refractivity contribution is 5.79. The molecule has 4 rings (SSSR count). The number of ether oxygens (including phenoxy) is 2. The Bertz CT molecular complexity index is 1100. The summed E-state index contributed by atoms with van der Waals surface area (Å²) in [4.78, 5) is 17.4. The van der Waals surface area contributed by atoms with Crippen molar-refractivity contribution in [1.29, 1.82) is 0 Å². The van der Waals surface area contributed by atoms with E-state index in [2.05, 4.69) is 37.8 Å². The molecule has 1 fully saturated rings. The number of likely N-dealkylation sites (tertiary alicyclic amines) is 1. The fraction of sp³-hybridized carbons (Fsp3) is 0.600. The first-order valence-corrected chi connectivity index (χ1v) is 12.0. The Balaban J connectivity index is 1.81. The summed E-state index contributed by atoms with van der Waals surface area (Å²) < 4.78 is 13.3. The molecule has 4 heterocycles. The molecule has 0 radical (unpaired) electrons. The zero-order chi connectivity index (χ0) is 23.5. The van der Waals surface area contributed by atoms with Crippen LogP contribution in [0.4, 0.5) is 0 Å². The molecule has 0 N–H and O–H groups in total. The monoisotopic (exact) mass is 452 g/mol. The first kappa shape index (κ1) is 23.6. The molecule has 3 aromatic heterocycles. The van der Waals surface area contributed by atoms with Crippen molar-refractivity contribution in [3.63, 3.8) is 0 Å². The molecule has 0 aliphatic carbocycles. The van der Waals surface area contributed by atoms with E-state index in [1.165, 1.54) is 12.8 Å². The lowest BCUT2D eigenvalue weighted by atomic mass is 10.1. The summed E-state index contributed by atoms with van der Waals surface area (Å²) >= 11 is 0. The third-order valence-corrected chi connectivity index (χ3v) is 6.40. The summed E-state index contributed by atoms with van der Waals surface area (Å²) in [5.74, 6) is 0.904. The molecule has 0 saturated carbocycles. The summed E-state index contributed by atoms with van der Waals surface area (Å²) in [7, 11) is 3.40. The molecule has 1 aliphatic heterocycles. The van der Waals surface area contributed by atoms with Crippen molar-refractivity contribution in [3.8, 4) is 17.1 Å². The van der Waals surface area contributed by atoms with Crippen LogP contribution >= 0.6 is 0 Å². The van der Waals surface area contributed by atoms with Crippen LogP contribution in [0, 0.1) is 6.92 Å². The van der Waals surface area contributed by atoms with Gasteiger partial charge in [0.1, 0.15) is 5.52 Å². The third-order valence-electron chi connectivity index (χ3n) is 6.40. The van der Waals surface area contributed by atoms with E-state index in [9.17, 15) is 0 Å². The summed E-state index contributed by atoms with van der Waals surface area (Å²) in [6.45, 7) is 12.1. The maximum absolute atomic E-state index is 5.66. The molecule has 8 nitrogen and oxygen atoms in total. The van der Waals surface area contributed by atoms with Crippen molar-refractivity contribution in [3.05, 3.63) is 29.2 Å². The van der Waals surface area contributed by atoms with E-state index in [1.54, 1.807) is 14.2 Å². The molecule has 1 saturated heterocycles. The highest BCUT2D eigenvalue weighted by atomic mass is 16.5. The van der Waals surface area contributed by atoms with Gasteiger partial charge in [0.25, 0.3) is 0 Å². The van der Waals surface area contributed by atoms with Gasteiger partial charge in [-0.1, -0.05) is 20.8 Å². The minimum absolute atomic E-state index is 0.0932. The maximum atomic E-state index is 5.66. The summed E-state index contributed by atoms with van der Waals surface area (Å²) in [5, 5.41) is 4.88. The molecule has 0 aromatic carbocycles. The Morgan fingerprint density at radius 1 is 1.06 bits per heavy atom. The average Bonchev–Trinajstić information content (AvgIpc) is 3.45. The van der Waals surface area contributed by atoms with Crippen LogP contribution in [0.5, 0.6) is 5.88 Å². The van der Waals surface area contributed by atoms with Gasteiger partial charge in [-0.25, -0.2) is 19.6 Å². The van der Waals surface area contributed by atoms with Gasteiger partial charge in [0.15, 0.2) is 5.65 Å². The number of fused-ring (bicyclic) bond motifs is 1. The van der Waals surface area contributed by atoms with Crippen LogP contribution in [0.3, 0.4) is 0 Å². The highest BCUT2D eigenvalue weighted by Gasteiger charge is 2.25. The van der Waals surface area contributed by atoms with Crippen molar-refractivity contribution in [2.24, 2.45) is 0 Å². The molecule has 33 heavy (non-hydrogen) atoms. The Kier molecular flexibility index (Phi) is 7.24. The number of rotatable bonds is 9. The largest absolute Gasteiger partial charge is 0.480 e. The van der Waals surface area contributed by atoms with Crippen molar-refractivity contribution in [2.45, 2.75) is 58.9 Å². The van der Waals surface area contributed by atoms with Gasteiger partial charge in [0, 0.05) is 19.3 Å². The lowest BCUT2D eigenvalue weighted by molar-refractivity contribution is 0.128. The van der Waals surface area contributed by atoms with Gasteiger partial charge < -0.3 is 14.4 Å². The van der Waals surface area contributed by atoms with Crippen LogP contribution in [0.15, 0.2) is 12.1 Å². The molecular formula is C25H36N6O2. The van der Waals surface area contributed by atoms with Crippen LogP contribution in [0.1, 0.15) is 62.7 Å². The van der Waals surface area contributed by atoms with Crippen LogP contribution in [0.25, 0.3) is 22.4 Å². The molecule has 1 unspecified atom stereocenters. The maximum Gasteiger partial charge on any atom is 0.222 e. The smallest absolute Gasteiger partial charge is 0.222 e. The van der Waals surface area contributed by atoms with E-state index < -0.39 is 0 Å². The Morgan fingerprint density at radius 3 is 2.45 bits per heavy atom. The van der Waals surface area contributed by atoms with Gasteiger partial charge >= 0.3 is 0 Å². The quantitative estimate of drug-likeness (QED) is 0.482. The van der Waals surface area contributed by atoms with Crippen LogP contribution in [0.2, 0.25) is 0 Å². The van der Waals surface area contributed by atoms with E-state index in [0.717, 1.165) is 65.6 Å². The zero-order valence-corrected chi connectivity index (χ0v) is 20.8. The lowest BCUT2D eigenvalue weighted by Gasteiger charge is -2.23. The Morgan fingerprint density at radius 2 is 1.82 bits per heavy atom. The SMILES string of the molecule is CCc1nc2c(nc1-c1ccc(C(C)C)nc1OC)c(C)nn2C(COC)CN1CCCC1. The van der Waals surface area contributed by atoms with Gasteiger partial charge in [-0.3, -0.25) is 0 Å². The summed E-state index contributed by atoms with van der Waals surface area (Å²) in [5.41, 5.74) is 6.10. The topological polar surface area (TPSA) is 78.2 Å². The molecule has 0 spiro atoms. The molecule has 1 aliphatic rings. The number of methoxy groups -OCH3 is 2. The fourth-order valence-electron chi connectivity index (χ4n) is 4.60. The third kappa shape index (κ3) is 4.73. The number of hydrogen-bond donors (Lipinski definition) is 0. The predicted molar refractivity (Wildman–Crippen MR) is 130 cm³/mol. The second kappa shape index (κ2) is 10.1. The molecule has 0 bridgehead atoms. The number of aryl methyl sites for hydroxylation is 2. The first-order valence-electron chi connectivity index (χ1n) is 12.0. The minimum atomic E-state index is 0.0932. The first-order chi connectivity index (χ1) is 16.0. The Labute approximate surface area is 196 Å². The number of hydrogen-bond acceptors (Lipinski definition) is 7. The predicted octanol–water partition coefficient (Wildman–Crippen LogP) is 4.17. The van der Waals surface area contributed by atoms with E-state index in [1.807, 2.05) is 11.6 Å². The van der Waals surface area contributed by atoms with Crippen LogP contribution in [-0.4, -0.2) is 70.1 Å². The van der Waals surface area contributed by atoms with Crippen LogP contribution < -0.4 is 4.74 Å². The fourth-order valence-corrected chi connectivity index (χ4v) is 4.60. The second-order valence-corrected chi connectivity index (χ2v) is 9.14. The van der Waals surface area contributed by atoms with Gasteiger partial charge in [0.2, 0.25) is 5.88 Å².